The van der Waals surface area contributed by atoms with Crippen LogP contribution in [0, 0.1) is 0 Å². The van der Waals surface area contributed by atoms with Gasteiger partial charge in [0.25, 0.3) is 0 Å². The van der Waals surface area contributed by atoms with E-state index in [0.717, 1.165) is 34.9 Å². The first-order valence-electron chi connectivity index (χ1n) is 6.50. The molecule has 0 saturated heterocycles. The molecule has 0 radical (unpaired) electrons. The zero-order chi connectivity index (χ0) is 13.0. The molecule has 0 fully saturated rings. The fourth-order valence-corrected chi connectivity index (χ4v) is 2.99. The van der Waals surface area contributed by atoms with Crippen molar-refractivity contribution in [1.82, 2.24) is 0 Å². The largest absolute Gasteiger partial charge is 0.384 e. The number of hydrogen-bond donors (Lipinski definition) is 1. The van der Waals surface area contributed by atoms with Crippen molar-refractivity contribution >= 4 is 27.5 Å². The molecule has 18 heavy (non-hydrogen) atoms. The Morgan fingerprint density at radius 1 is 1.17 bits per heavy atom. The highest BCUT2D eigenvalue weighted by Gasteiger charge is 2.17. The molecule has 1 nitrogen and oxygen atoms in total. The van der Waals surface area contributed by atoms with E-state index in [-0.39, 0.29) is 0 Å². The van der Waals surface area contributed by atoms with Gasteiger partial charge in [-0.3, -0.25) is 0 Å². The fourth-order valence-electron chi connectivity index (χ4n) is 2.39. The van der Waals surface area contributed by atoms with Crippen LogP contribution in [-0.4, -0.2) is 5.11 Å². The normalized spacial score (nSPS) is 21.6. The van der Waals surface area contributed by atoms with E-state index in [1.807, 2.05) is 18.2 Å². The van der Waals surface area contributed by atoms with Gasteiger partial charge in [-0.05, 0) is 49.5 Å². The predicted octanol–water partition coefficient (Wildman–Crippen LogP) is 5.42. The highest BCUT2D eigenvalue weighted by atomic mass is 79.9. The van der Waals surface area contributed by atoms with Crippen LogP contribution >= 0.6 is 27.5 Å². The lowest BCUT2D eigenvalue weighted by atomic mass is 9.93. The Morgan fingerprint density at radius 2 is 1.94 bits per heavy atom. The smallest absolute Gasteiger partial charge is 0.102 e. The first-order valence-corrected chi connectivity index (χ1v) is 7.67. The van der Waals surface area contributed by atoms with Gasteiger partial charge in [0, 0.05) is 15.1 Å². The van der Waals surface area contributed by atoms with E-state index < -0.39 is 6.10 Å². The highest BCUT2D eigenvalue weighted by Crippen LogP contribution is 2.34. The molecule has 3 heteroatoms. The quantitative estimate of drug-likeness (QED) is 0.719. The number of rotatable bonds is 2. The van der Waals surface area contributed by atoms with Crippen LogP contribution in [0.1, 0.15) is 50.2 Å². The third-order valence-electron chi connectivity index (χ3n) is 3.43. The number of aliphatic hydroxyl groups excluding tert-OH is 1. The van der Waals surface area contributed by atoms with Crippen LogP contribution in [0.3, 0.4) is 0 Å². The molecule has 0 aromatic heterocycles. The zero-order valence-electron chi connectivity index (χ0n) is 10.3. The summed E-state index contributed by atoms with van der Waals surface area (Å²) in [6, 6.07) is 5.63. The van der Waals surface area contributed by atoms with Crippen molar-refractivity contribution in [2.24, 2.45) is 0 Å². The van der Waals surface area contributed by atoms with E-state index in [2.05, 4.69) is 22.0 Å². The summed E-state index contributed by atoms with van der Waals surface area (Å²) in [5, 5.41) is 11.1. The predicted molar refractivity (Wildman–Crippen MR) is 79.9 cm³/mol. The van der Waals surface area contributed by atoms with Crippen molar-refractivity contribution in [1.29, 1.82) is 0 Å². The molecule has 1 aromatic rings. The molecule has 0 bridgehead atoms. The molecule has 1 atom stereocenters. The van der Waals surface area contributed by atoms with Gasteiger partial charge in [-0.25, -0.2) is 0 Å². The number of benzene rings is 1. The molecule has 0 amide bonds. The van der Waals surface area contributed by atoms with Gasteiger partial charge in [-0.1, -0.05) is 46.4 Å². The fraction of sp³-hybridized carbons (Fsp3) is 0.467. The lowest BCUT2D eigenvalue weighted by Gasteiger charge is -2.19. The molecule has 0 spiro atoms. The Labute approximate surface area is 122 Å². The first-order chi connectivity index (χ1) is 8.68. The van der Waals surface area contributed by atoms with Crippen LogP contribution in [0.2, 0.25) is 5.02 Å². The minimum Gasteiger partial charge on any atom is -0.384 e. The molecular formula is C15H18BrClO. The zero-order valence-corrected chi connectivity index (χ0v) is 12.7. The lowest BCUT2D eigenvalue weighted by molar-refractivity contribution is 0.209. The Morgan fingerprint density at radius 3 is 2.78 bits per heavy atom. The summed E-state index contributed by atoms with van der Waals surface area (Å²) in [5.74, 6) is 0. The number of allylic oxidation sites excluding steroid dienone is 1. The van der Waals surface area contributed by atoms with Gasteiger partial charge in [0.05, 0.1) is 0 Å². The van der Waals surface area contributed by atoms with E-state index in [0.29, 0.717) is 5.02 Å². The van der Waals surface area contributed by atoms with Gasteiger partial charge < -0.3 is 5.11 Å². The van der Waals surface area contributed by atoms with E-state index in [9.17, 15) is 5.11 Å². The summed E-state index contributed by atoms with van der Waals surface area (Å²) in [5.41, 5.74) is 1.92. The SMILES string of the molecule is OC(/C1=C/CCCCCC1)c1cc(Br)ccc1Cl. The Bertz CT molecular complexity index is 442. The number of hydrogen-bond acceptors (Lipinski definition) is 1. The highest BCUT2D eigenvalue weighted by molar-refractivity contribution is 9.10. The van der Waals surface area contributed by atoms with Gasteiger partial charge >= 0.3 is 0 Å². The van der Waals surface area contributed by atoms with E-state index in [4.69, 9.17) is 11.6 Å². The summed E-state index contributed by atoms with van der Waals surface area (Å²) >= 11 is 9.60. The maximum atomic E-state index is 10.5. The second-order valence-corrected chi connectivity index (χ2v) is 6.12. The number of aliphatic hydroxyl groups is 1. The van der Waals surface area contributed by atoms with Crippen molar-refractivity contribution in [3.8, 4) is 0 Å². The molecule has 2 rings (SSSR count). The van der Waals surface area contributed by atoms with E-state index in [1.165, 1.54) is 19.3 Å². The molecule has 0 aliphatic heterocycles. The third kappa shape index (κ3) is 3.59. The maximum Gasteiger partial charge on any atom is 0.102 e. The van der Waals surface area contributed by atoms with Crippen molar-refractivity contribution < 1.29 is 5.11 Å². The molecule has 0 heterocycles. The molecule has 0 saturated carbocycles. The third-order valence-corrected chi connectivity index (χ3v) is 4.27. The van der Waals surface area contributed by atoms with Gasteiger partial charge in [0.2, 0.25) is 0 Å². The van der Waals surface area contributed by atoms with Crippen LogP contribution in [0.4, 0.5) is 0 Å². The maximum absolute atomic E-state index is 10.5. The second kappa shape index (κ2) is 6.74. The Hall–Kier alpha value is -0.310. The molecule has 1 aliphatic rings. The summed E-state index contributed by atoms with van der Waals surface area (Å²) in [6.07, 6.45) is 8.63. The number of halogens is 2. The molecular weight excluding hydrogens is 312 g/mol. The molecule has 1 aliphatic carbocycles. The summed E-state index contributed by atoms with van der Waals surface area (Å²) in [4.78, 5) is 0. The summed E-state index contributed by atoms with van der Waals surface area (Å²) < 4.78 is 0.951. The van der Waals surface area contributed by atoms with E-state index in [1.54, 1.807) is 0 Å². The lowest BCUT2D eigenvalue weighted by Crippen LogP contribution is -2.04. The average molecular weight is 330 g/mol. The summed E-state index contributed by atoms with van der Waals surface area (Å²) in [7, 11) is 0. The molecule has 1 aromatic carbocycles. The van der Waals surface area contributed by atoms with Crippen molar-refractivity contribution in [3.05, 3.63) is 44.9 Å². The minimum atomic E-state index is -0.562. The topological polar surface area (TPSA) is 20.2 Å². The van der Waals surface area contributed by atoms with Crippen molar-refractivity contribution in [2.75, 3.05) is 0 Å². The van der Waals surface area contributed by atoms with Crippen molar-refractivity contribution in [3.63, 3.8) is 0 Å². The van der Waals surface area contributed by atoms with Crippen LogP contribution in [0.25, 0.3) is 0 Å². The Balaban J connectivity index is 2.23. The van der Waals surface area contributed by atoms with Crippen LogP contribution in [0.5, 0.6) is 0 Å². The van der Waals surface area contributed by atoms with Crippen LogP contribution in [-0.2, 0) is 0 Å². The standard InChI is InChI=1S/C15H18BrClO/c16-12-8-9-14(17)13(10-12)15(18)11-6-4-2-1-3-5-7-11/h6,8-10,15,18H,1-5,7H2/b11-6+. The Kier molecular flexibility index (Phi) is 5.28. The van der Waals surface area contributed by atoms with Gasteiger partial charge in [0.1, 0.15) is 6.10 Å². The molecule has 1 unspecified atom stereocenters. The van der Waals surface area contributed by atoms with Gasteiger partial charge in [-0.2, -0.15) is 0 Å². The van der Waals surface area contributed by atoms with Gasteiger partial charge in [-0.15, -0.1) is 0 Å². The van der Waals surface area contributed by atoms with Gasteiger partial charge in [0.15, 0.2) is 0 Å². The average Bonchev–Trinajstić information content (AvgIpc) is 2.31. The molecule has 1 N–H and O–H groups in total. The van der Waals surface area contributed by atoms with Crippen LogP contribution < -0.4 is 0 Å². The van der Waals surface area contributed by atoms with E-state index >= 15 is 0 Å². The first kappa shape index (κ1) is 14.1. The molecule has 98 valence electrons. The van der Waals surface area contributed by atoms with Crippen molar-refractivity contribution in [2.45, 2.75) is 44.6 Å². The second-order valence-electron chi connectivity index (χ2n) is 4.80. The minimum absolute atomic E-state index is 0.562. The monoisotopic (exact) mass is 328 g/mol. The summed E-state index contributed by atoms with van der Waals surface area (Å²) in [6.45, 7) is 0. The van der Waals surface area contributed by atoms with Crippen LogP contribution in [0.15, 0.2) is 34.3 Å².